The standard InChI is InChI=1S/C15H10O4S2/c16-13(11-7-3-1-4-8-11)20-15(18)19-21-14(17)12-9-5-2-6-10-12/h1-10H. The van der Waals surface area contributed by atoms with E-state index in [2.05, 4.69) is 0 Å². The summed E-state index contributed by atoms with van der Waals surface area (Å²) in [6.45, 7) is 0. The second-order valence-corrected chi connectivity index (χ2v) is 5.44. The van der Waals surface area contributed by atoms with Crippen molar-refractivity contribution in [3.63, 3.8) is 0 Å². The normalized spacial score (nSPS) is 9.90. The Kier molecular flexibility index (Phi) is 5.59. The van der Waals surface area contributed by atoms with Crippen molar-refractivity contribution >= 4 is 39.3 Å². The summed E-state index contributed by atoms with van der Waals surface area (Å²) < 4.78 is 4.72. The van der Waals surface area contributed by atoms with E-state index < -0.39 is 15.5 Å². The van der Waals surface area contributed by atoms with Gasteiger partial charge in [-0.25, -0.2) is 4.79 Å². The molecule has 0 atom stereocenters. The molecule has 0 heterocycles. The molecule has 0 aliphatic heterocycles. The van der Waals surface area contributed by atoms with Gasteiger partial charge in [-0.15, -0.1) is 0 Å². The highest BCUT2D eigenvalue weighted by atomic mass is 32.2. The number of thioether (sulfide) groups is 1. The molecule has 2 aromatic carbocycles. The molecular weight excluding hydrogens is 308 g/mol. The van der Waals surface area contributed by atoms with Crippen LogP contribution in [-0.2, 0) is 4.18 Å². The topological polar surface area (TPSA) is 60.4 Å². The molecule has 106 valence electrons. The van der Waals surface area contributed by atoms with Crippen LogP contribution < -0.4 is 0 Å². The fourth-order valence-corrected chi connectivity index (χ4v) is 2.44. The van der Waals surface area contributed by atoms with E-state index in [0.29, 0.717) is 34.9 Å². The predicted octanol–water partition coefficient (Wildman–Crippen LogP) is 4.19. The third-order valence-electron chi connectivity index (χ3n) is 2.38. The maximum atomic E-state index is 11.7. The van der Waals surface area contributed by atoms with Crippen LogP contribution in [0.5, 0.6) is 0 Å². The van der Waals surface area contributed by atoms with Crippen LogP contribution in [0.3, 0.4) is 0 Å². The first-order valence-electron chi connectivity index (χ1n) is 5.92. The maximum Gasteiger partial charge on any atom is 0.387 e. The minimum atomic E-state index is -0.821. The zero-order valence-corrected chi connectivity index (χ0v) is 12.4. The fourth-order valence-electron chi connectivity index (χ4n) is 1.42. The van der Waals surface area contributed by atoms with Gasteiger partial charge in [0.25, 0.3) is 5.12 Å². The average molecular weight is 318 g/mol. The van der Waals surface area contributed by atoms with Gasteiger partial charge >= 0.3 is 5.30 Å². The van der Waals surface area contributed by atoms with Crippen molar-refractivity contribution in [2.45, 2.75) is 0 Å². The molecule has 0 spiro atoms. The molecule has 0 saturated heterocycles. The van der Waals surface area contributed by atoms with Gasteiger partial charge in [0.05, 0.1) is 0 Å². The minimum absolute atomic E-state index is 0.392. The van der Waals surface area contributed by atoms with Gasteiger partial charge in [-0.05, 0) is 0 Å². The van der Waals surface area contributed by atoms with Crippen molar-refractivity contribution in [3.8, 4) is 0 Å². The van der Waals surface area contributed by atoms with Crippen molar-refractivity contribution < 1.29 is 18.6 Å². The molecule has 0 radical (unpaired) electrons. The second kappa shape index (κ2) is 7.66. The molecule has 4 nitrogen and oxygen atoms in total. The molecule has 0 aliphatic carbocycles. The maximum absolute atomic E-state index is 11.7. The van der Waals surface area contributed by atoms with Crippen LogP contribution in [0.15, 0.2) is 60.7 Å². The summed E-state index contributed by atoms with van der Waals surface area (Å²) in [5, 5.41) is -1.64. The van der Waals surface area contributed by atoms with Gasteiger partial charge in [0.15, 0.2) is 0 Å². The number of benzene rings is 2. The van der Waals surface area contributed by atoms with Crippen LogP contribution in [0.1, 0.15) is 20.7 Å². The first-order chi connectivity index (χ1) is 10.2. The lowest BCUT2D eigenvalue weighted by Gasteiger charge is -2.01. The summed E-state index contributed by atoms with van der Waals surface area (Å²) in [6, 6.07) is 16.8. The van der Waals surface area contributed by atoms with Crippen LogP contribution in [0, 0.1) is 0 Å². The largest absolute Gasteiger partial charge is 0.387 e. The van der Waals surface area contributed by atoms with Gasteiger partial charge in [0, 0.05) is 22.9 Å². The lowest BCUT2D eigenvalue weighted by Crippen LogP contribution is -2.01. The van der Waals surface area contributed by atoms with Crippen molar-refractivity contribution in [1.82, 2.24) is 0 Å². The van der Waals surface area contributed by atoms with Crippen LogP contribution in [0.25, 0.3) is 0 Å². The van der Waals surface area contributed by atoms with Gasteiger partial charge in [0.2, 0.25) is 5.12 Å². The third-order valence-corrected chi connectivity index (χ3v) is 3.78. The average Bonchev–Trinajstić information content (AvgIpc) is 2.54. The quantitative estimate of drug-likeness (QED) is 0.774. The van der Waals surface area contributed by atoms with Crippen molar-refractivity contribution in [2.24, 2.45) is 0 Å². The van der Waals surface area contributed by atoms with Gasteiger partial charge in [-0.1, -0.05) is 60.7 Å². The lowest BCUT2D eigenvalue weighted by atomic mass is 10.2. The van der Waals surface area contributed by atoms with Crippen LogP contribution >= 0.6 is 23.8 Å². The molecule has 2 aromatic rings. The summed E-state index contributed by atoms with van der Waals surface area (Å²) in [7, 11) is 0. The molecule has 6 heteroatoms. The minimum Gasteiger partial charge on any atom is -0.374 e. The first kappa shape index (κ1) is 15.3. The molecule has 0 N–H and O–H groups in total. The highest BCUT2D eigenvalue weighted by Gasteiger charge is 2.17. The number of rotatable bonds is 2. The molecule has 0 saturated carbocycles. The van der Waals surface area contributed by atoms with Gasteiger partial charge < -0.3 is 4.18 Å². The van der Waals surface area contributed by atoms with Gasteiger partial charge in [0.1, 0.15) is 12.0 Å². The smallest absolute Gasteiger partial charge is 0.374 e. The van der Waals surface area contributed by atoms with E-state index in [0.717, 1.165) is 0 Å². The number of hydrogen-bond acceptors (Lipinski definition) is 6. The second-order valence-electron chi connectivity index (χ2n) is 3.83. The number of hydrogen-bond donors (Lipinski definition) is 0. The summed E-state index contributed by atoms with van der Waals surface area (Å²) in [4.78, 5) is 34.9. The number of carbonyl (C=O) groups excluding carboxylic acids is 3. The van der Waals surface area contributed by atoms with E-state index >= 15 is 0 Å². The van der Waals surface area contributed by atoms with E-state index in [4.69, 9.17) is 4.18 Å². The van der Waals surface area contributed by atoms with Crippen molar-refractivity contribution in [1.29, 1.82) is 0 Å². The molecule has 0 aromatic heterocycles. The number of carbonyl (C=O) groups is 3. The Morgan fingerprint density at radius 2 is 1.19 bits per heavy atom. The van der Waals surface area contributed by atoms with E-state index in [1.54, 1.807) is 60.7 Å². The molecule has 0 aliphatic rings. The van der Waals surface area contributed by atoms with Crippen LogP contribution in [0.2, 0.25) is 0 Å². The zero-order valence-electron chi connectivity index (χ0n) is 10.7. The van der Waals surface area contributed by atoms with Gasteiger partial charge in [-0.2, -0.15) is 0 Å². The van der Waals surface area contributed by atoms with E-state index in [9.17, 15) is 14.4 Å². The Labute approximate surface area is 130 Å². The highest BCUT2D eigenvalue weighted by molar-refractivity contribution is 8.27. The molecule has 2 rings (SSSR count). The Morgan fingerprint density at radius 3 is 1.71 bits per heavy atom. The lowest BCUT2D eigenvalue weighted by molar-refractivity contribution is 0.107. The Balaban J connectivity index is 1.83. The zero-order chi connectivity index (χ0) is 15.1. The molecule has 0 unspecified atom stereocenters. The molecular formula is C15H10O4S2. The summed E-state index contributed by atoms with van der Waals surface area (Å²) in [6.07, 6.45) is 0. The monoisotopic (exact) mass is 318 g/mol. The van der Waals surface area contributed by atoms with Crippen LogP contribution in [0.4, 0.5) is 4.79 Å². The molecule has 0 bridgehead atoms. The Morgan fingerprint density at radius 1 is 0.714 bits per heavy atom. The first-order valence-corrected chi connectivity index (χ1v) is 7.47. The highest BCUT2D eigenvalue weighted by Crippen LogP contribution is 2.20. The third kappa shape index (κ3) is 4.77. The summed E-state index contributed by atoms with van der Waals surface area (Å²) >= 11 is 0.830. The molecule has 21 heavy (non-hydrogen) atoms. The van der Waals surface area contributed by atoms with Crippen LogP contribution in [-0.4, -0.2) is 15.5 Å². The van der Waals surface area contributed by atoms with E-state index in [1.807, 2.05) is 0 Å². The molecule has 0 amide bonds. The predicted molar refractivity (Wildman–Crippen MR) is 83.2 cm³/mol. The van der Waals surface area contributed by atoms with Crippen molar-refractivity contribution in [2.75, 3.05) is 0 Å². The Hall–Kier alpha value is -2.05. The van der Waals surface area contributed by atoms with Crippen molar-refractivity contribution in [3.05, 3.63) is 71.8 Å². The fraction of sp³-hybridized carbons (Fsp3) is 0. The SMILES string of the molecule is O=C(OSC(=O)c1ccccc1)SC(=O)c1ccccc1. The molecule has 0 fully saturated rings. The Bertz CT molecular complexity index is 641. The van der Waals surface area contributed by atoms with E-state index in [1.165, 1.54) is 0 Å². The summed E-state index contributed by atoms with van der Waals surface area (Å²) in [5.74, 6) is 0. The van der Waals surface area contributed by atoms with E-state index in [-0.39, 0.29) is 0 Å². The summed E-state index contributed by atoms with van der Waals surface area (Å²) in [5.41, 5.74) is 0.827. The van der Waals surface area contributed by atoms with Gasteiger partial charge in [-0.3, -0.25) is 9.59 Å².